The highest BCUT2D eigenvalue weighted by molar-refractivity contribution is 6.31. The number of alkyl halides is 3. The molecule has 150 valence electrons. The minimum absolute atomic E-state index is 0.0944. The zero-order valence-electron chi connectivity index (χ0n) is 14.3. The molecule has 6 nitrogen and oxygen atoms in total. The summed E-state index contributed by atoms with van der Waals surface area (Å²) in [6.45, 7) is 0. The molecule has 1 atom stereocenters. The van der Waals surface area contributed by atoms with Gasteiger partial charge in [0.15, 0.2) is 0 Å². The van der Waals surface area contributed by atoms with Crippen molar-refractivity contribution in [1.29, 1.82) is 0 Å². The number of halogens is 5. The van der Waals surface area contributed by atoms with Gasteiger partial charge in [-0.2, -0.15) is 13.2 Å². The van der Waals surface area contributed by atoms with Crippen molar-refractivity contribution in [1.82, 2.24) is 9.88 Å². The Balaban J connectivity index is 2.05. The first-order valence-corrected chi connectivity index (χ1v) is 8.43. The van der Waals surface area contributed by atoms with E-state index in [0.717, 1.165) is 19.2 Å². The van der Waals surface area contributed by atoms with Crippen molar-refractivity contribution in [3.63, 3.8) is 0 Å². The Morgan fingerprint density at radius 3 is 2.57 bits per heavy atom. The molecule has 0 radical (unpaired) electrons. The van der Waals surface area contributed by atoms with Crippen LogP contribution in [0.4, 0.5) is 28.0 Å². The van der Waals surface area contributed by atoms with Crippen LogP contribution in [-0.2, 0) is 19.6 Å². The number of nitrogens with one attached hydrogen (secondary N) is 2. The summed E-state index contributed by atoms with van der Waals surface area (Å²) in [6.07, 6.45) is -6.05. The van der Waals surface area contributed by atoms with Gasteiger partial charge in [-0.25, -0.2) is 9.18 Å². The first-order valence-electron chi connectivity index (χ1n) is 8.05. The number of nitrogens with zero attached hydrogens (tertiary/aromatic N) is 1. The fourth-order valence-corrected chi connectivity index (χ4v) is 3.70. The number of benzene rings is 1. The Morgan fingerprint density at radius 1 is 1.32 bits per heavy atom. The summed E-state index contributed by atoms with van der Waals surface area (Å²) in [5.74, 6) is -1.55. The van der Waals surface area contributed by atoms with E-state index in [-0.39, 0.29) is 40.4 Å². The first-order chi connectivity index (χ1) is 13.0. The second-order valence-electron chi connectivity index (χ2n) is 6.27. The van der Waals surface area contributed by atoms with Crippen LogP contribution in [0.3, 0.4) is 0 Å². The van der Waals surface area contributed by atoms with Crippen molar-refractivity contribution < 1.29 is 32.3 Å². The summed E-state index contributed by atoms with van der Waals surface area (Å²) >= 11 is 5.66. The lowest BCUT2D eigenvalue weighted by Crippen LogP contribution is -2.27. The summed E-state index contributed by atoms with van der Waals surface area (Å²) in [5, 5.41) is 13.1. The Morgan fingerprint density at radius 2 is 2.00 bits per heavy atom. The van der Waals surface area contributed by atoms with Gasteiger partial charge in [-0.05, 0) is 36.6 Å². The van der Waals surface area contributed by atoms with Crippen LogP contribution in [0.5, 0.6) is 0 Å². The van der Waals surface area contributed by atoms with E-state index in [2.05, 4.69) is 10.6 Å². The fourth-order valence-electron chi connectivity index (χ4n) is 3.52. The van der Waals surface area contributed by atoms with Gasteiger partial charge in [0.25, 0.3) is 5.91 Å². The zero-order chi connectivity index (χ0) is 20.8. The van der Waals surface area contributed by atoms with Crippen LogP contribution >= 0.6 is 11.6 Å². The summed E-state index contributed by atoms with van der Waals surface area (Å²) in [5.41, 5.74) is -1.34. The lowest BCUT2D eigenvalue weighted by atomic mass is 10.1. The average molecular weight is 420 g/mol. The molecular weight excluding hydrogens is 406 g/mol. The Bertz CT molecular complexity index is 972. The van der Waals surface area contributed by atoms with E-state index in [0.29, 0.717) is 4.57 Å². The molecule has 1 heterocycles. The van der Waals surface area contributed by atoms with Gasteiger partial charge in [0.2, 0.25) is 0 Å². The predicted octanol–water partition coefficient (Wildman–Crippen LogP) is 4.34. The smallest absolute Gasteiger partial charge is 0.431 e. The molecule has 2 aromatic rings. The first kappa shape index (κ1) is 20.0. The van der Waals surface area contributed by atoms with Crippen molar-refractivity contribution in [3.8, 4) is 0 Å². The normalized spacial score (nSPS) is 16.0. The van der Waals surface area contributed by atoms with E-state index in [4.69, 9.17) is 16.7 Å². The maximum Gasteiger partial charge on any atom is 0.431 e. The molecule has 0 saturated carbocycles. The van der Waals surface area contributed by atoms with Crippen molar-refractivity contribution in [2.75, 3.05) is 5.32 Å². The quantitative estimate of drug-likeness (QED) is 0.647. The van der Waals surface area contributed by atoms with E-state index in [9.17, 15) is 27.2 Å². The molecule has 0 bridgehead atoms. The maximum atomic E-state index is 13.6. The lowest BCUT2D eigenvalue weighted by Gasteiger charge is -2.17. The van der Waals surface area contributed by atoms with Gasteiger partial charge in [0.1, 0.15) is 17.2 Å². The summed E-state index contributed by atoms with van der Waals surface area (Å²) in [6, 6.07) is 2.30. The molecule has 0 fully saturated rings. The molecule has 2 amide bonds. The number of amides is 2. The van der Waals surface area contributed by atoms with Crippen LogP contribution in [-0.4, -0.2) is 21.7 Å². The van der Waals surface area contributed by atoms with Gasteiger partial charge >= 0.3 is 12.3 Å². The van der Waals surface area contributed by atoms with E-state index >= 15 is 0 Å². The van der Waals surface area contributed by atoms with Crippen LogP contribution < -0.4 is 10.6 Å². The number of carboxylic acid groups (broad SMARTS) is 1. The van der Waals surface area contributed by atoms with E-state index in [1.165, 1.54) is 6.07 Å². The summed E-state index contributed by atoms with van der Waals surface area (Å²) < 4.78 is 54.9. The van der Waals surface area contributed by atoms with E-state index in [1.807, 2.05) is 0 Å². The molecular formula is C17H14ClF4N3O3. The second-order valence-corrected chi connectivity index (χ2v) is 6.68. The number of hydrogen-bond donors (Lipinski definition) is 3. The molecule has 0 spiro atoms. The van der Waals surface area contributed by atoms with Gasteiger partial charge in [-0.15, -0.1) is 0 Å². The Hall–Kier alpha value is -2.75. The van der Waals surface area contributed by atoms with E-state index in [1.54, 1.807) is 0 Å². The molecule has 3 N–H and O–H groups in total. The van der Waals surface area contributed by atoms with Gasteiger partial charge in [-0.1, -0.05) is 11.6 Å². The van der Waals surface area contributed by atoms with Gasteiger partial charge in [0.05, 0.1) is 11.1 Å². The Kier molecular flexibility index (Phi) is 5.00. The largest absolute Gasteiger partial charge is 0.465 e. The number of carbonyl (C=O) groups is 2. The lowest BCUT2D eigenvalue weighted by molar-refractivity contribution is -0.143. The van der Waals surface area contributed by atoms with E-state index < -0.39 is 35.7 Å². The minimum atomic E-state index is -4.79. The van der Waals surface area contributed by atoms with Gasteiger partial charge in [-0.3, -0.25) is 4.79 Å². The molecule has 0 aliphatic heterocycles. The fraction of sp³-hybridized carbons (Fsp3) is 0.294. The summed E-state index contributed by atoms with van der Waals surface area (Å²) in [4.78, 5) is 23.6. The summed E-state index contributed by atoms with van der Waals surface area (Å²) in [7, 11) is 1.09. The van der Waals surface area contributed by atoms with Crippen LogP contribution in [0, 0.1) is 5.82 Å². The third kappa shape index (κ3) is 3.51. The number of hydrogen-bond acceptors (Lipinski definition) is 2. The van der Waals surface area contributed by atoms with Crippen molar-refractivity contribution in [3.05, 3.63) is 51.6 Å². The molecule has 1 aromatic carbocycles. The molecule has 11 heteroatoms. The van der Waals surface area contributed by atoms with Crippen molar-refractivity contribution in [2.45, 2.75) is 25.1 Å². The minimum Gasteiger partial charge on any atom is -0.465 e. The number of aromatic nitrogens is 1. The predicted molar refractivity (Wildman–Crippen MR) is 92.0 cm³/mol. The van der Waals surface area contributed by atoms with Crippen LogP contribution in [0.2, 0.25) is 5.02 Å². The number of rotatable bonds is 3. The monoisotopic (exact) mass is 419 g/mol. The van der Waals surface area contributed by atoms with Crippen LogP contribution in [0.15, 0.2) is 18.2 Å². The van der Waals surface area contributed by atoms with Gasteiger partial charge in [0, 0.05) is 18.3 Å². The molecule has 0 saturated heterocycles. The molecule has 1 unspecified atom stereocenters. The highest BCUT2D eigenvalue weighted by Gasteiger charge is 2.45. The molecule has 3 rings (SSSR count). The zero-order valence-corrected chi connectivity index (χ0v) is 15.1. The molecule has 1 aliphatic carbocycles. The molecule has 28 heavy (non-hydrogen) atoms. The second kappa shape index (κ2) is 7.01. The molecule has 1 aromatic heterocycles. The van der Waals surface area contributed by atoms with Crippen molar-refractivity contribution >= 4 is 29.3 Å². The third-order valence-corrected chi connectivity index (χ3v) is 4.82. The Labute approximate surface area is 161 Å². The van der Waals surface area contributed by atoms with Gasteiger partial charge < -0.3 is 20.3 Å². The number of fused-ring (bicyclic) bond motifs is 1. The third-order valence-electron chi connectivity index (χ3n) is 4.53. The highest BCUT2D eigenvalue weighted by Crippen LogP contribution is 2.44. The molecule has 1 aliphatic rings. The van der Waals surface area contributed by atoms with Crippen LogP contribution in [0.25, 0.3) is 0 Å². The topological polar surface area (TPSA) is 83.4 Å². The SMILES string of the molecule is Cn1c(C(=O)Nc2ccc(F)c(Cl)c2)c2c(c1C(F)(F)F)C(NC(=O)O)CC2. The van der Waals surface area contributed by atoms with Crippen LogP contribution in [0.1, 0.15) is 39.8 Å². The standard InChI is InChI=1S/C17H14ClF4N3O3/c1-25-13(15(26)23-7-2-4-10(19)9(18)6-7)8-3-5-11(24-16(27)28)12(8)14(25)17(20,21)22/h2,4,6,11,24H,3,5H2,1H3,(H,23,26)(H,27,28). The van der Waals surface area contributed by atoms with Crippen molar-refractivity contribution in [2.24, 2.45) is 7.05 Å². The average Bonchev–Trinajstić information content (AvgIpc) is 3.06. The number of carbonyl (C=O) groups excluding carboxylic acids is 1. The number of anilines is 1. The maximum absolute atomic E-state index is 13.6. The highest BCUT2D eigenvalue weighted by atomic mass is 35.5.